The second-order valence-electron chi connectivity index (χ2n) is 2.40. The van der Waals surface area contributed by atoms with E-state index in [4.69, 9.17) is 5.73 Å². The number of nitrogens with two attached hydrogens (primary N) is 1. The molecule has 0 saturated heterocycles. The Morgan fingerprint density at radius 3 is 2.83 bits per heavy atom. The molecule has 0 radical (unpaired) electrons. The highest BCUT2D eigenvalue weighted by molar-refractivity contribution is 9.10. The Kier molecular flexibility index (Phi) is 1.81. The van der Waals surface area contributed by atoms with Crippen LogP contribution in [0.1, 0.15) is 0 Å². The lowest BCUT2D eigenvalue weighted by atomic mass is 10.2. The van der Waals surface area contributed by atoms with Crippen LogP contribution in [0.3, 0.4) is 0 Å². The first-order valence-corrected chi connectivity index (χ1v) is 4.93. The number of anilines is 1. The molecule has 0 spiro atoms. The molecule has 2 aromatic rings. The highest BCUT2D eigenvalue weighted by atomic mass is 79.9. The summed E-state index contributed by atoms with van der Waals surface area (Å²) in [7, 11) is 0. The molecule has 4 heteroatoms. The van der Waals surface area contributed by atoms with Crippen molar-refractivity contribution >= 4 is 42.4 Å². The van der Waals surface area contributed by atoms with E-state index in [-0.39, 0.29) is 5.82 Å². The fourth-order valence-electron chi connectivity index (χ4n) is 1.07. The number of thiophene rings is 1. The normalized spacial score (nSPS) is 10.8. The van der Waals surface area contributed by atoms with E-state index in [0.717, 1.165) is 9.86 Å². The molecular weight excluding hydrogens is 241 g/mol. The average Bonchev–Trinajstić information content (AvgIpc) is 2.32. The van der Waals surface area contributed by atoms with Crippen LogP contribution in [0.5, 0.6) is 0 Å². The van der Waals surface area contributed by atoms with E-state index in [1.807, 2.05) is 6.07 Å². The van der Waals surface area contributed by atoms with Gasteiger partial charge in [0.25, 0.3) is 0 Å². The van der Waals surface area contributed by atoms with Gasteiger partial charge >= 0.3 is 0 Å². The average molecular weight is 246 g/mol. The topological polar surface area (TPSA) is 26.0 Å². The summed E-state index contributed by atoms with van der Waals surface area (Å²) >= 11 is 4.56. The third-order valence-corrected chi connectivity index (χ3v) is 3.79. The highest BCUT2D eigenvalue weighted by Gasteiger charge is 2.09. The van der Waals surface area contributed by atoms with Crippen molar-refractivity contribution in [3.05, 3.63) is 28.5 Å². The van der Waals surface area contributed by atoms with E-state index < -0.39 is 0 Å². The van der Waals surface area contributed by atoms with Crippen molar-refractivity contribution in [1.29, 1.82) is 0 Å². The first-order chi connectivity index (χ1) is 5.70. The smallest absolute Gasteiger partial charge is 0.141 e. The number of fused-ring (bicyclic) bond motifs is 1. The van der Waals surface area contributed by atoms with Crippen LogP contribution in [0.2, 0.25) is 0 Å². The molecule has 0 fully saturated rings. The van der Waals surface area contributed by atoms with Crippen LogP contribution in [0.15, 0.2) is 22.7 Å². The van der Waals surface area contributed by atoms with Gasteiger partial charge in [0.1, 0.15) is 10.8 Å². The second-order valence-corrected chi connectivity index (χ2v) is 4.24. The van der Waals surface area contributed by atoms with Gasteiger partial charge in [-0.2, -0.15) is 0 Å². The zero-order valence-corrected chi connectivity index (χ0v) is 8.38. The SMILES string of the molecule is Nc1sc2c(F)cccc2c1Br. The van der Waals surface area contributed by atoms with Gasteiger partial charge in [-0.25, -0.2) is 4.39 Å². The Labute approximate surface area is 81.1 Å². The fourth-order valence-corrected chi connectivity index (χ4v) is 2.64. The van der Waals surface area contributed by atoms with Gasteiger partial charge in [0.05, 0.1) is 9.17 Å². The van der Waals surface area contributed by atoms with Crippen LogP contribution in [0.4, 0.5) is 9.39 Å². The molecule has 2 rings (SSSR count). The second kappa shape index (κ2) is 2.71. The summed E-state index contributed by atoms with van der Waals surface area (Å²) in [5.74, 6) is -0.213. The minimum absolute atomic E-state index is 0.213. The zero-order valence-electron chi connectivity index (χ0n) is 5.97. The number of hydrogen-bond donors (Lipinski definition) is 1. The number of rotatable bonds is 0. The molecule has 2 N–H and O–H groups in total. The van der Waals surface area contributed by atoms with Crippen LogP contribution in [0, 0.1) is 5.82 Å². The summed E-state index contributed by atoms with van der Waals surface area (Å²) < 4.78 is 14.5. The minimum Gasteiger partial charge on any atom is -0.390 e. The van der Waals surface area contributed by atoms with Gasteiger partial charge in [-0.15, -0.1) is 11.3 Å². The number of nitrogen functional groups attached to an aromatic ring is 1. The molecule has 1 heterocycles. The highest BCUT2D eigenvalue weighted by Crippen LogP contribution is 2.38. The zero-order chi connectivity index (χ0) is 8.72. The first kappa shape index (κ1) is 8.01. The van der Waals surface area contributed by atoms with Gasteiger partial charge in [0.15, 0.2) is 0 Å². The summed E-state index contributed by atoms with van der Waals surface area (Å²) in [6.07, 6.45) is 0. The summed E-state index contributed by atoms with van der Waals surface area (Å²) in [6.45, 7) is 0. The van der Waals surface area contributed by atoms with Gasteiger partial charge in [0, 0.05) is 5.39 Å². The van der Waals surface area contributed by atoms with E-state index in [1.165, 1.54) is 17.4 Å². The van der Waals surface area contributed by atoms with Crippen LogP contribution in [-0.4, -0.2) is 0 Å². The number of benzene rings is 1. The van der Waals surface area contributed by atoms with E-state index in [1.54, 1.807) is 6.07 Å². The predicted molar refractivity (Wildman–Crippen MR) is 53.9 cm³/mol. The standard InChI is InChI=1S/C8H5BrFNS/c9-6-4-2-1-3-5(10)7(4)12-8(6)11/h1-3H,11H2. The van der Waals surface area contributed by atoms with Crippen molar-refractivity contribution in [2.45, 2.75) is 0 Å². The molecule has 0 unspecified atom stereocenters. The molecule has 0 bridgehead atoms. The minimum atomic E-state index is -0.213. The molecule has 1 aromatic heterocycles. The van der Waals surface area contributed by atoms with E-state index in [2.05, 4.69) is 15.9 Å². The Hall–Kier alpha value is -0.610. The third kappa shape index (κ3) is 1.03. The van der Waals surface area contributed by atoms with Gasteiger partial charge < -0.3 is 5.73 Å². The quantitative estimate of drug-likeness (QED) is 0.757. The molecule has 0 saturated carbocycles. The molecule has 62 valence electrons. The van der Waals surface area contributed by atoms with Crippen LogP contribution < -0.4 is 5.73 Å². The van der Waals surface area contributed by atoms with Crippen molar-refractivity contribution in [2.24, 2.45) is 0 Å². The van der Waals surface area contributed by atoms with Crippen LogP contribution >= 0.6 is 27.3 Å². The number of halogens is 2. The maximum Gasteiger partial charge on any atom is 0.141 e. The lowest BCUT2D eigenvalue weighted by molar-refractivity contribution is 0.641. The third-order valence-electron chi connectivity index (χ3n) is 1.63. The summed E-state index contributed by atoms with van der Waals surface area (Å²) in [6, 6.07) is 4.95. The number of hydrogen-bond acceptors (Lipinski definition) is 2. The molecular formula is C8H5BrFNS. The first-order valence-electron chi connectivity index (χ1n) is 3.32. The molecule has 0 aliphatic heterocycles. The summed E-state index contributed by atoms with van der Waals surface area (Å²) in [5.41, 5.74) is 5.63. The lowest BCUT2D eigenvalue weighted by Gasteiger charge is -1.89. The molecule has 12 heavy (non-hydrogen) atoms. The molecule has 0 amide bonds. The lowest BCUT2D eigenvalue weighted by Crippen LogP contribution is -1.76. The monoisotopic (exact) mass is 245 g/mol. The van der Waals surface area contributed by atoms with Gasteiger partial charge in [0.2, 0.25) is 0 Å². The van der Waals surface area contributed by atoms with Gasteiger partial charge in [-0.3, -0.25) is 0 Å². The van der Waals surface area contributed by atoms with E-state index in [9.17, 15) is 4.39 Å². The molecule has 0 aliphatic carbocycles. The van der Waals surface area contributed by atoms with Crippen molar-refractivity contribution in [3.63, 3.8) is 0 Å². The van der Waals surface area contributed by atoms with Crippen molar-refractivity contribution in [1.82, 2.24) is 0 Å². The molecule has 1 nitrogen and oxygen atoms in total. The summed E-state index contributed by atoms with van der Waals surface area (Å²) in [4.78, 5) is 0. The Morgan fingerprint density at radius 2 is 2.17 bits per heavy atom. The van der Waals surface area contributed by atoms with E-state index in [0.29, 0.717) is 9.70 Å². The maximum atomic E-state index is 13.1. The van der Waals surface area contributed by atoms with Gasteiger partial charge in [-0.1, -0.05) is 12.1 Å². The Morgan fingerprint density at radius 1 is 1.42 bits per heavy atom. The predicted octanol–water partition coefficient (Wildman–Crippen LogP) is 3.39. The summed E-state index contributed by atoms with van der Waals surface area (Å²) in [5, 5.41) is 1.47. The maximum absolute atomic E-state index is 13.1. The van der Waals surface area contributed by atoms with Crippen molar-refractivity contribution in [2.75, 3.05) is 5.73 Å². The Balaban J connectivity index is 2.95. The molecule has 0 atom stereocenters. The van der Waals surface area contributed by atoms with Crippen LogP contribution in [0.25, 0.3) is 10.1 Å². The van der Waals surface area contributed by atoms with Gasteiger partial charge in [-0.05, 0) is 22.0 Å². The molecule has 0 aliphatic rings. The van der Waals surface area contributed by atoms with Crippen molar-refractivity contribution in [3.8, 4) is 0 Å². The fraction of sp³-hybridized carbons (Fsp3) is 0. The Bertz CT molecular complexity index is 438. The van der Waals surface area contributed by atoms with Crippen molar-refractivity contribution < 1.29 is 4.39 Å². The molecule has 1 aromatic carbocycles. The largest absolute Gasteiger partial charge is 0.390 e. The van der Waals surface area contributed by atoms with E-state index >= 15 is 0 Å². The van der Waals surface area contributed by atoms with Crippen LogP contribution in [-0.2, 0) is 0 Å².